The van der Waals surface area contributed by atoms with Gasteiger partial charge >= 0.3 is 0 Å². The zero-order valence-corrected chi connectivity index (χ0v) is 20.3. The van der Waals surface area contributed by atoms with Gasteiger partial charge in [0.15, 0.2) is 5.65 Å². The minimum Gasteiger partial charge on any atom is -0.345 e. The quantitative estimate of drug-likeness (QED) is 0.416. The molecule has 0 aliphatic carbocycles. The molecular formula is C25H26N8O2. The summed E-state index contributed by atoms with van der Waals surface area (Å²) >= 11 is 0. The highest BCUT2D eigenvalue weighted by atomic mass is 16.5. The van der Waals surface area contributed by atoms with E-state index in [1.165, 1.54) is 0 Å². The summed E-state index contributed by atoms with van der Waals surface area (Å²) in [5, 5.41) is 15.9. The molecule has 4 aromatic heterocycles. The van der Waals surface area contributed by atoms with E-state index in [1.54, 1.807) is 10.9 Å². The highest BCUT2D eigenvalue weighted by Gasteiger charge is 2.24. The standard InChI is InChI=1S/C25H26N8O2/c1-15-12-16(6-7-17(15)14-27-23(34)22-28-24(35-31-22)25(2,3)4)20-8-10-26-21-13-19(30-33(20)21)18-9-11-32(5)29-18/h6-13H,14H2,1-5H3,(H,27,34). The largest absolute Gasteiger partial charge is 0.345 e. The number of hydrogen-bond donors (Lipinski definition) is 1. The van der Waals surface area contributed by atoms with Crippen LogP contribution in [-0.4, -0.2) is 40.4 Å². The van der Waals surface area contributed by atoms with Crippen LogP contribution in [0.5, 0.6) is 0 Å². The highest BCUT2D eigenvalue weighted by molar-refractivity contribution is 5.90. The Hall–Kier alpha value is -4.34. The maximum absolute atomic E-state index is 12.5. The summed E-state index contributed by atoms with van der Waals surface area (Å²) in [6.45, 7) is 8.21. The lowest BCUT2D eigenvalue weighted by Crippen LogP contribution is -2.24. The number of aryl methyl sites for hydroxylation is 2. The first kappa shape index (κ1) is 22.5. The lowest BCUT2D eigenvalue weighted by molar-refractivity contribution is 0.0937. The number of amides is 1. The van der Waals surface area contributed by atoms with Gasteiger partial charge in [-0.05, 0) is 36.2 Å². The van der Waals surface area contributed by atoms with Crippen LogP contribution in [0.25, 0.3) is 28.3 Å². The van der Waals surface area contributed by atoms with Gasteiger partial charge in [0.2, 0.25) is 5.89 Å². The van der Waals surface area contributed by atoms with Gasteiger partial charge in [-0.15, -0.1) is 0 Å². The van der Waals surface area contributed by atoms with Crippen LogP contribution in [0.2, 0.25) is 0 Å². The number of carbonyl (C=O) groups is 1. The fourth-order valence-corrected chi connectivity index (χ4v) is 3.72. The number of nitrogens with one attached hydrogen (secondary N) is 1. The van der Waals surface area contributed by atoms with Gasteiger partial charge in [0.25, 0.3) is 11.7 Å². The lowest BCUT2D eigenvalue weighted by atomic mass is 9.97. The molecule has 0 radical (unpaired) electrons. The van der Waals surface area contributed by atoms with E-state index in [2.05, 4.69) is 31.6 Å². The topological polar surface area (TPSA) is 116 Å². The zero-order valence-electron chi connectivity index (χ0n) is 20.3. The smallest absolute Gasteiger partial charge is 0.292 e. The fourth-order valence-electron chi connectivity index (χ4n) is 3.72. The molecule has 0 atom stereocenters. The third-order valence-electron chi connectivity index (χ3n) is 5.68. The summed E-state index contributed by atoms with van der Waals surface area (Å²) in [6.07, 6.45) is 3.66. The number of benzene rings is 1. The number of rotatable bonds is 5. The first-order valence-corrected chi connectivity index (χ1v) is 11.3. The van der Waals surface area contributed by atoms with Crippen LogP contribution in [0.15, 0.2) is 53.3 Å². The second kappa shape index (κ2) is 8.46. The normalized spacial score (nSPS) is 11.8. The van der Waals surface area contributed by atoms with E-state index in [4.69, 9.17) is 9.62 Å². The first-order chi connectivity index (χ1) is 16.7. The van der Waals surface area contributed by atoms with E-state index in [-0.39, 0.29) is 17.1 Å². The molecule has 5 aromatic rings. The molecule has 4 heterocycles. The van der Waals surface area contributed by atoms with Crippen LogP contribution >= 0.6 is 0 Å². The molecule has 0 spiro atoms. The van der Waals surface area contributed by atoms with Crippen LogP contribution in [0.1, 0.15) is 48.4 Å². The van der Waals surface area contributed by atoms with Crippen LogP contribution in [0.4, 0.5) is 0 Å². The van der Waals surface area contributed by atoms with Crippen LogP contribution in [-0.2, 0) is 19.0 Å². The Morgan fingerprint density at radius 3 is 2.60 bits per heavy atom. The Balaban J connectivity index is 1.36. The van der Waals surface area contributed by atoms with Gasteiger partial charge in [-0.1, -0.05) is 38.1 Å². The monoisotopic (exact) mass is 470 g/mol. The lowest BCUT2D eigenvalue weighted by Gasteiger charge is -2.11. The van der Waals surface area contributed by atoms with Gasteiger partial charge in [-0.2, -0.15) is 15.2 Å². The van der Waals surface area contributed by atoms with Crippen molar-refractivity contribution in [1.29, 1.82) is 0 Å². The molecule has 0 aliphatic rings. The summed E-state index contributed by atoms with van der Waals surface area (Å²) in [7, 11) is 1.88. The predicted molar refractivity (Wildman–Crippen MR) is 130 cm³/mol. The summed E-state index contributed by atoms with van der Waals surface area (Å²) in [6, 6.07) is 11.9. The molecule has 0 saturated carbocycles. The number of hydrogen-bond acceptors (Lipinski definition) is 7. The van der Waals surface area contributed by atoms with Crippen molar-refractivity contribution in [3.8, 4) is 22.6 Å². The molecule has 1 aromatic carbocycles. The predicted octanol–water partition coefficient (Wildman–Crippen LogP) is 3.72. The molecule has 5 rings (SSSR count). The van der Waals surface area contributed by atoms with Crippen LogP contribution in [0, 0.1) is 6.92 Å². The van der Waals surface area contributed by atoms with E-state index < -0.39 is 0 Å². The first-order valence-electron chi connectivity index (χ1n) is 11.3. The van der Waals surface area contributed by atoms with Crippen LogP contribution in [0.3, 0.4) is 0 Å². The molecule has 35 heavy (non-hydrogen) atoms. The molecule has 0 fully saturated rings. The molecule has 10 nitrogen and oxygen atoms in total. The average molecular weight is 471 g/mol. The second-order valence-corrected chi connectivity index (χ2v) is 9.50. The van der Waals surface area contributed by atoms with E-state index in [1.807, 2.05) is 75.8 Å². The maximum atomic E-state index is 12.5. The van der Waals surface area contributed by atoms with Gasteiger partial charge in [0.05, 0.1) is 5.69 Å². The SMILES string of the molecule is Cc1cc(-c2ccnc3cc(-c4ccn(C)n4)nn23)ccc1CNC(=O)c1noc(C(C)(C)C)n1. The minimum atomic E-state index is -0.373. The van der Waals surface area contributed by atoms with Gasteiger partial charge in [-0.3, -0.25) is 9.48 Å². The summed E-state index contributed by atoms with van der Waals surface area (Å²) < 4.78 is 8.79. The molecule has 0 aliphatic heterocycles. The molecule has 0 unspecified atom stereocenters. The highest BCUT2D eigenvalue weighted by Crippen LogP contribution is 2.25. The molecule has 0 saturated heterocycles. The summed E-state index contributed by atoms with van der Waals surface area (Å²) in [5.41, 5.74) is 5.91. The maximum Gasteiger partial charge on any atom is 0.292 e. The van der Waals surface area contributed by atoms with E-state index in [0.717, 1.165) is 39.4 Å². The van der Waals surface area contributed by atoms with Crippen molar-refractivity contribution in [2.45, 2.75) is 39.7 Å². The molecule has 1 amide bonds. The molecular weight excluding hydrogens is 444 g/mol. The van der Waals surface area contributed by atoms with E-state index >= 15 is 0 Å². The van der Waals surface area contributed by atoms with Crippen molar-refractivity contribution in [3.63, 3.8) is 0 Å². The summed E-state index contributed by atoms with van der Waals surface area (Å²) in [4.78, 5) is 21.2. The molecule has 10 heteroatoms. The van der Waals surface area contributed by atoms with Gasteiger partial charge in [0.1, 0.15) is 11.4 Å². The Morgan fingerprint density at radius 2 is 1.91 bits per heavy atom. The third-order valence-corrected chi connectivity index (χ3v) is 5.68. The number of fused-ring (bicyclic) bond motifs is 1. The summed E-state index contributed by atoms with van der Waals surface area (Å²) in [5.74, 6) is 0.0876. The van der Waals surface area contributed by atoms with E-state index in [9.17, 15) is 4.79 Å². The van der Waals surface area contributed by atoms with Crippen molar-refractivity contribution >= 4 is 11.6 Å². The molecule has 0 bridgehead atoms. The fraction of sp³-hybridized carbons (Fsp3) is 0.280. The van der Waals surface area contributed by atoms with Gasteiger partial charge in [-0.25, -0.2) is 9.50 Å². The molecule has 178 valence electrons. The Bertz CT molecular complexity index is 1540. The van der Waals surface area contributed by atoms with Crippen molar-refractivity contribution < 1.29 is 9.32 Å². The number of carbonyl (C=O) groups excluding carboxylic acids is 1. The Labute approximate surface area is 202 Å². The van der Waals surface area contributed by atoms with Crippen LogP contribution < -0.4 is 5.32 Å². The average Bonchev–Trinajstić information content (AvgIpc) is 3.56. The Kier molecular flexibility index (Phi) is 5.43. The van der Waals surface area contributed by atoms with Crippen molar-refractivity contribution in [2.75, 3.05) is 0 Å². The van der Waals surface area contributed by atoms with Gasteiger partial charge in [0, 0.05) is 43.0 Å². The number of nitrogens with zero attached hydrogens (tertiary/aromatic N) is 7. The van der Waals surface area contributed by atoms with Crippen molar-refractivity contribution in [2.24, 2.45) is 7.05 Å². The minimum absolute atomic E-state index is 0.0331. The Morgan fingerprint density at radius 1 is 1.09 bits per heavy atom. The number of aromatic nitrogens is 7. The van der Waals surface area contributed by atoms with Crippen molar-refractivity contribution in [3.05, 3.63) is 71.6 Å². The van der Waals surface area contributed by atoms with Gasteiger partial charge < -0.3 is 9.84 Å². The second-order valence-electron chi connectivity index (χ2n) is 9.50. The zero-order chi connectivity index (χ0) is 24.7. The third kappa shape index (κ3) is 4.42. The van der Waals surface area contributed by atoms with Crippen molar-refractivity contribution in [1.82, 2.24) is 39.8 Å². The van der Waals surface area contributed by atoms with E-state index in [0.29, 0.717) is 12.4 Å². The molecule has 1 N–H and O–H groups in total.